The van der Waals surface area contributed by atoms with Crippen LogP contribution in [0.25, 0.3) is 55.8 Å². The van der Waals surface area contributed by atoms with Crippen LogP contribution in [0.4, 0.5) is 46.0 Å². The van der Waals surface area contributed by atoms with E-state index >= 15 is 0 Å². The summed E-state index contributed by atoms with van der Waals surface area (Å²) in [6.07, 6.45) is 5.02. The van der Waals surface area contributed by atoms with Crippen LogP contribution in [0.3, 0.4) is 0 Å². The maximum atomic E-state index is 13.2. The molecule has 0 saturated carbocycles. The summed E-state index contributed by atoms with van der Waals surface area (Å²) in [5.41, 5.74) is 49.3. The zero-order valence-corrected chi connectivity index (χ0v) is 76.4. The minimum atomic E-state index is -1.05. The van der Waals surface area contributed by atoms with E-state index in [1.165, 1.54) is 5.56 Å². The fourth-order valence-electron chi connectivity index (χ4n) is 18.1. The molecule has 13 aromatic carbocycles. The van der Waals surface area contributed by atoms with Crippen molar-refractivity contribution in [2.75, 3.05) is 44.2 Å². The van der Waals surface area contributed by atoms with Crippen LogP contribution in [0, 0.1) is 0 Å². The fraction of sp³-hybridized carbons (Fsp3) is 0.165. The molecule has 17 aromatic rings. The Labute approximate surface area is 804 Å². The summed E-state index contributed by atoms with van der Waals surface area (Å²) in [6.45, 7) is 0. The fourth-order valence-corrected chi connectivity index (χ4v) is 18.1. The number of hydrogen-bond donors (Lipinski definition) is 12. The van der Waals surface area contributed by atoms with Gasteiger partial charge in [0.1, 0.15) is 47.2 Å². The number of anilines is 8. The number of benzene rings is 13. The number of nitrogens with two attached hydrogens (primary N) is 4. The number of hydrogen-bond acceptors (Lipinski definition) is 20. The molecule has 4 aliphatic carbocycles. The Morgan fingerprint density at radius 2 is 0.532 bits per heavy atom. The third-order valence-electron chi connectivity index (χ3n) is 25.2. The van der Waals surface area contributed by atoms with Crippen molar-refractivity contribution in [2.24, 2.45) is 0 Å². The standard InChI is InChI=1S/C31H26N4O2.C29H28N4O2.C28H26N4O2.C27H24N4O2/c32-24-13-14-25-23(18-24)12-15-26-28(25)35-29(30(37)21-7-2-1-3-8-21)31(33-26)34-27(36)17-19-10-11-20-6-4-5-9-22(20)16-19;30-22-15-16-23-21(18-22)14-17-24-26(23)33-27(28(35)20-11-5-2-6-12-20)29(31-24)32-25(34)13-7-10-19-8-3-1-4-9-19;29-21-13-14-22-20(17-21)12-15-23-25(22)32-26(27(34)19-9-5-2-6-10-19)28(30-23)31-24(33)16-11-18-7-3-1-4-8-18;28-20-12-13-21-19(16-20)11-14-22-24(21)31-25(26(33)18-9-5-2-6-10-18)27(29-22)30-23(32)15-17-7-3-1-4-8-17/h1-11,13-14,16,18,30,37H,12,15,17,32H2,(H,33,34,36);1-6,8-9,11-12,15-16,18,28,35H,7,10,13-14,17,30H2,(H,31,32,34);1-10,13-14,17,27,34H,11-12,15-16,29H2,(H,30,31,33);1-10,12-13,16,26,33H,11,14-15,28H2,(H,29,30,32). The molecule has 4 aromatic heterocycles. The topological polar surface area (TPSA) is 405 Å². The van der Waals surface area contributed by atoms with Gasteiger partial charge >= 0.3 is 0 Å². The normalized spacial score (nSPS) is 13.0. The second-order valence-corrected chi connectivity index (χ2v) is 35.0. The lowest BCUT2D eigenvalue weighted by atomic mass is 9.91. The molecule has 24 heteroatoms. The summed E-state index contributed by atoms with van der Waals surface area (Å²) < 4.78 is 0. The average molecular weight is 1840 g/mol. The zero-order valence-electron chi connectivity index (χ0n) is 76.4. The molecule has 0 fully saturated rings. The van der Waals surface area contributed by atoms with E-state index in [1.54, 1.807) is 0 Å². The number of fused-ring (bicyclic) bond motifs is 13. The lowest BCUT2D eigenvalue weighted by Crippen LogP contribution is -2.21. The lowest BCUT2D eigenvalue weighted by Gasteiger charge is -2.23. The second kappa shape index (κ2) is 42.9. The average Bonchev–Trinajstić information content (AvgIpc) is 0.774. The van der Waals surface area contributed by atoms with Crippen molar-refractivity contribution in [3.8, 4) is 45.0 Å². The number of aryl methyl sites for hydroxylation is 10. The number of carbonyl (C=O) groups is 4. The number of nitrogen functional groups attached to an aromatic ring is 4. The second-order valence-electron chi connectivity index (χ2n) is 35.0. The predicted molar refractivity (Wildman–Crippen MR) is 546 cm³/mol. The first kappa shape index (κ1) is 92.8. The number of aliphatic hydroxyl groups excluding tert-OH is 4. The number of carbonyl (C=O) groups excluding carboxylic acids is 4. The maximum Gasteiger partial charge on any atom is 0.229 e. The highest BCUT2D eigenvalue weighted by Gasteiger charge is 2.33. The minimum absolute atomic E-state index is 0.138. The summed E-state index contributed by atoms with van der Waals surface area (Å²) in [6, 6.07) is 104. The van der Waals surface area contributed by atoms with Crippen LogP contribution in [0.2, 0.25) is 0 Å². The first-order valence-corrected chi connectivity index (χ1v) is 46.7. The summed E-state index contributed by atoms with van der Waals surface area (Å²) in [7, 11) is 0. The molecule has 0 radical (unpaired) electrons. The first-order chi connectivity index (χ1) is 67.8. The molecule has 4 heterocycles. The molecule has 692 valence electrons. The largest absolute Gasteiger partial charge is 0.399 e. The molecule has 4 unspecified atom stereocenters. The Morgan fingerprint density at radius 1 is 0.259 bits per heavy atom. The van der Waals surface area contributed by atoms with Gasteiger partial charge in [0.2, 0.25) is 23.6 Å². The predicted octanol–water partition coefficient (Wildman–Crippen LogP) is 18.7. The van der Waals surface area contributed by atoms with Gasteiger partial charge in [-0.2, -0.15) is 0 Å². The molecule has 0 spiro atoms. The van der Waals surface area contributed by atoms with Crippen LogP contribution in [0.1, 0.15) is 156 Å². The van der Waals surface area contributed by atoms with E-state index in [-0.39, 0.29) is 36.5 Å². The van der Waals surface area contributed by atoms with Gasteiger partial charge in [-0.1, -0.05) is 279 Å². The van der Waals surface area contributed by atoms with Crippen molar-refractivity contribution in [1.29, 1.82) is 0 Å². The van der Waals surface area contributed by atoms with Gasteiger partial charge < -0.3 is 64.6 Å². The van der Waals surface area contributed by atoms with E-state index in [9.17, 15) is 39.6 Å². The Balaban J connectivity index is 0.000000123. The minimum Gasteiger partial charge on any atom is -0.399 e. The molecule has 4 amide bonds. The van der Waals surface area contributed by atoms with Crippen LogP contribution >= 0.6 is 0 Å². The van der Waals surface area contributed by atoms with Crippen molar-refractivity contribution < 1.29 is 39.6 Å². The maximum absolute atomic E-state index is 13.2. The summed E-state index contributed by atoms with van der Waals surface area (Å²) in [5.74, 6) is 0.501. The summed E-state index contributed by atoms with van der Waals surface area (Å²) in [4.78, 5) is 90.3. The van der Waals surface area contributed by atoms with Gasteiger partial charge in [-0.15, -0.1) is 0 Å². The molecule has 24 nitrogen and oxygen atoms in total. The highest BCUT2D eigenvalue weighted by atomic mass is 16.3. The van der Waals surface area contributed by atoms with Crippen molar-refractivity contribution in [3.63, 3.8) is 0 Å². The number of aliphatic hydroxyl groups is 4. The van der Waals surface area contributed by atoms with Gasteiger partial charge in [-0.25, -0.2) is 39.9 Å². The molecule has 4 atom stereocenters. The molecule has 0 saturated heterocycles. The van der Waals surface area contributed by atoms with Crippen LogP contribution in [-0.4, -0.2) is 83.9 Å². The highest BCUT2D eigenvalue weighted by molar-refractivity contribution is 5.95. The van der Waals surface area contributed by atoms with Crippen molar-refractivity contribution in [2.45, 2.75) is 121 Å². The summed E-state index contributed by atoms with van der Waals surface area (Å²) in [5, 5.41) is 58.9. The highest BCUT2D eigenvalue weighted by Crippen LogP contribution is 2.43. The molecule has 0 bridgehead atoms. The van der Waals surface area contributed by atoms with Crippen LogP contribution in [0.5, 0.6) is 0 Å². The number of nitrogens with zero attached hydrogens (tertiary/aromatic N) is 8. The van der Waals surface area contributed by atoms with E-state index in [1.807, 2.05) is 315 Å². The SMILES string of the molecule is Nc1ccc2c(c1)CCc1nc(NC(=O)CCCc3ccccc3)c(C(O)c3ccccc3)nc1-2.Nc1ccc2c(c1)CCc1nc(NC(=O)CCc3ccccc3)c(C(O)c3ccccc3)nc1-2.Nc1ccc2c(c1)CCc1nc(NC(=O)Cc3ccc4ccccc4c3)c(C(O)c3ccccc3)nc1-2.Nc1ccc2c(c1)CCc1nc(NC(=O)Cc3ccccc3)c(C(O)c3ccccc3)nc1-2. The van der Waals surface area contributed by atoms with Crippen molar-refractivity contribution >= 4 is 80.4 Å². The van der Waals surface area contributed by atoms with Crippen molar-refractivity contribution in [3.05, 3.63) is 440 Å². The van der Waals surface area contributed by atoms with Gasteiger partial charge in [0.25, 0.3) is 0 Å². The number of nitrogens with one attached hydrogen (secondary N) is 4. The van der Waals surface area contributed by atoms with Gasteiger partial charge in [0, 0.05) is 57.8 Å². The smallest absolute Gasteiger partial charge is 0.229 e. The number of rotatable bonds is 23. The quantitative estimate of drug-likeness (QED) is 0.0265. The van der Waals surface area contributed by atoms with Gasteiger partial charge in [-0.3, -0.25) is 19.2 Å². The molecule has 0 aliphatic heterocycles. The van der Waals surface area contributed by atoms with E-state index in [2.05, 4.69) is 33.4 Å². The Kier molecular flexibility index (Phi) is 28.7. The summed E-state index contributed by atoms with van der Waals surface area (Å²) >= 11 is 0. The van der Waals surface area contributed by atoms with Crippen LogP contribution in [0.15, 0.2) is 328 Å². The molecular formula is C115H104N16O8. The first-order valence-electron chi connectivity index (χ1n) is 46.7. The Hall–Kier alpha value is -16.6. The zero-order chi connectivity index (χ0) is 95.8. The third kappa shape index (κ3) is 22.3. The van der Waals surface area contributed by atoms with E-state index < -0.39 is 24.4 Å². The van der Waals surface area contributed by atoms with Crippen LogP contribution < -0.4 is 44.2 Å². The number of aromatic nitrogens is 8. The monoisotopic (exact) mass is 1840 g/mol. The van der Waals surface area contributed by atoms with E-state index in [4.69, 9.17) is 62.8 Å². The van der Waals surface area contributed by atoms with Gasteiger partial charge in [0.15, 0.2) is 23.3 Å². The molecular weight excluding hydrogens is 1730 g/mol. The van der Waals surface area contributed by atoms with Crippen LogP contribution in [-0.2, 0) is 96.2 Å². The lowest BCUT2D eigenvalue weighted by molar-refractivity contribution is -0.117. The van der Waals surface area contributed by atoms with Gasteiger partial charge in [0.05, 0.1) is 58.4 Å². The Morgan fingerprint density at radius 3 is 0.863 bits per heavy atom. The molecule has 139 heavy (non-hydrogen) atoms. The third-order valence-corrected chi connectivity index (χ3v) is 25.2. The van der Waals surface area contributed by atoms with Crippen molar-refractivity contribution in [1.82, 2.24) is 39.9 Å². The molecule has 21 rings (SSSR count). The molecule has 16 N–H and O–H groups in total. The van der Waals surface area contributed by atoms with E-state index in [0.717, 1.165) is 156 Å². The molecule has 4 aliphatic rings. The van der Waals surface area contributed by atoms with E-state index in [0.29, 0.717) is 136 Å². The number of amides is 4. The van der Waals surface area contributed by atoms with Gasteiger partial charge in [-0.05, 0) is 197 Å². The Bertz CT molecular complexity index is 7340.